The number of piperidine rings is 1. The van der Waals surface area contributed by atoms with E-state index in [-0.39, 0.29) is 11.9 Å². The van der Waals surface area contributed by atoms with Gasteiger partial charge in [0, 0.05) is 12.8 Å². The molecule has 338 valence electrons. The quantitative estimate of drug-likeness (QED) is 0.0454. The molecule has 5 nitrogen and oxygen atoms in total. The van der Waals surface area contributed by atoms with Crippen molar-refractivity contribution in [3.05, 3.63) is 0 Å². The summed E-state index contributed by atoms with van der Waals surface area (Å²) in [5, 5.41) is 0. The normalized spacial score (nSPS) is 13.7. The van der Waals surface area contributed by atoms with Crippen LogP contribution in [-0.2, 0) is 19.1 Å². The van der Waals surface area contributed by atoms with Crippen LogP contribution in [0.25, 0.3) is 0 Å². The van der Waals surface area contributed by atoms with E-state index in [1.165, 1.54) is 238 Å². The Hall–Kier alpha value is -1.10. The Morgan fingerprint density at radius 3 is 1.07 bits per heavy atom. The van der Waals surface area contributed by atoms with Crippen molar-refractivity contribution in [3.8, 4) is 0 Å². The second kappa shape index (κ2) is 41.6. The Kier molecular flexibility index (Phi) is 39.4. The van der Waals surface area contributed by atoms with Gasteiger partial charge in [-0.2, -0.15) is 0 Å². The van der Waals surface area contributed by atoms with Crippen LogP contribution in [-0.4, -0.2) is 49.7 Å². The first-order chi connectivity index (χ1) is 28.0. The molecule has 0 aliphatic carbocycles. The summed E-state index contributed by atoms with van der Waals surface area (Å²) in [5.41, 5.74) is 0. The van der Waals surface area contributed by atoms with E-state index < -0.39 is 0 Å². The second-order valence-electron chi connectivity index (χ2n) is 18.6. The molecule has 1 fully saturated rings. The Labute approximate surface area is 357 Å². The SMILES string of the molecule is CCCCCC(CCCCC)CC(=O)OCCCCCCCCCC(CCCCCCCCCOC(=O)CC(CCCCC)CCCCC)CCN1CCCCC1. The van der Waals surface area contributed by atoms with E-state index in [0.29, 0.717) is 37.9 Å². The van der Waals surface area contributed by atoms with Crippen molar-refractivity contribution in [1.82, 2.24) is 4.90 Å². The van der Waals surface area contributed by atoms with Gasteiger partial charge in [0.15, 0.2) is 0 Å². The molecule has 1 heterocycles. The molecular formula is C52H101NO4. The molecule has 1 aliphatic heterocycles. The third-order valence-corrected chi connectivity index (χ3v) is 13.1. The number of nitrogens with zero attached hydrogens (tertiary/aromatic N) is 1. The maximum Gasteiger partial charge on any atom is 0.306 e. The van der Waals surface area contributed by atoms with Gasteiger partial charge in [0.05, 0.1) is 13.2 Å². The molecule has 0 N–H and O–H groups in total. The van der Waals surface area contributed by atoms with Crippen molar-refractivity contribution >= 4 is 11.9 Å². The molecule has 57 heavy (non-hydrogen) atoms. The summed E-state index contributed by atoms with van der Waals surface area (Å²) in [6.07, 6.45) is 47.4. The van der Waals surface area contributed by atoms with E-state index in [0.717, 1.165) is 18.8 Å². The second-order valence-corrected chi connectivity index (χ2v) is 18.6. The minimum atomic E-state index is 0.0449. The standard InChI is InChI=1S/C52H101NO4/c1-5-9-24-36-49(37-25-10-6-2)46-51(54)56-44-32-21-17-13-15-19-28-34-48(40-43-53-41-30-23-31-42-53)35-29-20-16-14-18-22-33-45-57-52(55)47-50(38-26-11-7-3)39-27-12-8-4/h48-50H,5-47H2,1-4H3. The molecule has 0 aromatic heterocycles. The van der Waals surface area contributed by atoms with Crippen molar-refractivity contribution in [3.63, 3.8) is 0 Å². The topological polar surface area (TPSA) is 55.8 Å². The number of carbonyl (C=O) groups is 2. The molecule has 0 aromatic rings. The number of rotatable bonds is 43. The van der Waals surface area contributed by atoms with Crippen molar-refractivity contribution in [2.24, 2.45) is 17.8 Å². The number of hydrogen-bond acceptors (Lipinski definition) is 5. The molecule has 0 atom stereocenters. The first kappa shape index (κ1) is 53.9. The van der Waals surface area contributed by atoms with Crippen LogP contribution in [0.1, 0.15) is 272 Å². The fourth-order valence-electron chi connectivity index (χ4n) is 9.21. The van der Waals surface area contributed by atoms with Crippen LogP contribution in [0, 0.1) is 17.8 Å². The molecule has 0 saturated carbocycles. The van der Waals surface area contributed by atoms with Crippen LogP contribution >= 0.6 is 0 Å². The summed E-state index contributed by atoms with van der Waals surface area (Å²) in [6, 6.07) is 0. The number of esters is 2. The van der Waals surface area contributed by atoms with Crippen molar-refractivity contribution in [2.75, 3.05) is 32.8 Å². The van der Waals surface area contributed by atoms with E-state index in [1.54, 1.807) is 0 Å². The van der Waals surface area contributed by atoms with Gasteiger partial charge < -0.3 is 14.4 Å². The molecule has 0 aromatic carbocycles. The number of ether oxygens (including phenoxy) is 2. The maximum atomic E-state index is 12.5. The number of hydrogen-bond donors (Lipinski definition) is 0. The van der Waals surface area contributed by atoms with Crippen LogP contribution in [0.5, 0.6) is 0 Å². The smallest absolute Gasteiger partial charge is 0.306 e. The molecule has 1 rings (SSSR count). The van der Waals surface area contributed by atoms with Crippen LogP contribution in [0.4, 0.5) is 0 Å². The highest BCUT2D eigenvalue weighted by Crippen LogP contribution is 2.25. The van der Waals surface area contributed by atoms with Crippen molar-refractivity contribution in [2.45, 2.75) is 272 Å². The molecule has 1 saturated heterocycles. The zero-order valence-electron chi connectivity index (χ0n) is 39.2. The monoisotopic (exact) mass is 804 g/mol. The minimum Gasteiger partial charge on any atom is -0.466 e. The van der Waals surface area contributed by atoms with Crippen molar-refractivity contribution < 1.29 is 19.1 Å². The van der Waals surface area contributed by atoms with E-state index in [4.69, 9.17) is 9.47 Å². The van der Waals surface area contributed by atoms with Gasteiger partial charge in [0.2, 0.25) is 0 Å². The highest BCUT2D eigenvalue weighted by molar-refractivity contribution is 5.70. The van der Waals surface area contributed by atoms with Gasteiger partial charge in [-0.1, -0.05) is 201 Å². The van der Waals surface area contributed by atoms with Gasteiger partial charge in [0.1, 0.15) is 0 Å². The van der Waals surface area contributed by atoms with Crippen LogP contribution in [0.15, 0.2) is 0 Å². The zero-order valence-corrected chi connectivity index (χ0v) is 39.2. The van der Waals surface area contributed by atoms with Gasteiger partial charge in [0.25, 0.3) is 0 Å². The number of carbonyl (C=O) groups excluding carboxylic acids is 2. The predicted molar refractivity (Wildman–Crippen MR) is 247 cm³/mol. The first-order valence-electron chi connectivity index (χ1n) is 26.1. The lowest BCUT2D eigenvalue weighted by molar-refractivity contribution is -0.146. The van der Waals surface area contributed by atoms with Gasteiger partial charge in [-0.15, -0.1) is 0 Å². The van der Waals surface area contributed by atoms with E-state index in [1.807, 2.05) is 0 Å². The largest absolute Gasteiger partial charge is 0.466 e. The van der Waals surface area contributed by atoms with Crippen LogP contribution < -0.4 is 0 Å². The van der Waals surface area contributed by atoms with Gasteiger partial charge in [-0.3, -0.25) is 9.59 Å². The summed E-state index contributed by atoms with van der Waals surface area (Å²) in [4.78, 5) is 27.8. The van der Waals surface area contributed by atoms with Gasteiger partial charge in [-0.05, 0) is 95.2 Å². The molecule has 0 unspecified atom stereocenters. The molecular weight excluding hydrogens is 703 g/mol. The molecule has 5 heteroatoms. The Morgan fingerprint density at radius 1 is 0.386 bits per heavy atom. The van der Waals surface area contributed by atoms with E-state index >= 15 is 0 Å². The third-order valence-electron chi connectivity index (χ3n) is 13.1. The zero-order chi connectivity index (χ0) is 41.3. The fourth-order valence-corrected chi connectivity index (χ4v) is 9.21. The average molecular weight is 804 g/mol. The van der Waals surface area contributed by atoms with Crippen LogP contribution in [0.2, 0.25) is 0 Å². The van der Waals surface area contributed by atoms with Crippen molar-refractivity contribution in [1.29, 1.82) is 0 Å². The maximum absolute atomic E-state index is 12.5. The lowest BCUT2D eigenvalue weighted by Gasteiger charge is -2.28. The lowest BCUT2D eigenvalue weighted by Crippen LogP contribution is -2.31. The molecule has 0 radical (unpaired) electrons. The average Bonchev–Trinajstić information content (AvgIpc) is 3.21. The number of likely N-dealkylation sites (tertiary alicyclic amines) is 1. The Bertz CT molecular complexity index is 779. The summed E-state index contributed by atoms with van der Waals surface area (Å²) < 4.78 is 11.4. The highest BCUT2D eigenvalue weighted by atomic mass is 16.5. The van der Waals surface area contributed by atoms with Gasteiger partial charge >= 0.3 is 11.9 Å². The Balaban J connectivity index is 2.17. The molecule has 0 spiro atoms. The predicted octanol–water partition coefficient (Wildman–Crippen LogP) is 16.1. The summed E-state index contributed by atoms with van der Waals surface area (Å²) in [5.74, 6) is 2.03. The minimum absolute atomic E-state index is 0.0449. The summed E-state index contributed by atoms with van der Waals surface area (Å²) >= 11 is 0. The molecule has 0 amide bonds. The highest BCUT2D eigenvalue weighted by Gasteiger charge is 2.17. The molecule has 0 bridgehead atoms. The number of unbranched alkanes of at least 4 members (excludes halogenated alkanes) is 20. The van der Waals surface area contributed by atoms with E-state index in [9.17, 15) is 9.59 Å². The third kappa shape index (κ3) is 35.4. The first-order valence-corrected chi connectivity index (χ1v) is 26.1. The summed E-state index contributed by atoms with van der Waals surface area (Å²) in [7, 11) is 0. The van der Waals surface area contributed by atoms with Crippen LogP contribution in [0.3, 0.4) is 0 Å². The summed E-state index contributed by atoms with van der Waals surface area (Å²) in [6.45, 7) is 14.2. The van der Waals surface area contributed by atoms with Gasteiger partial charge in [-0.25, -0.2) is 0 Å². The fraction of sp³-hybridized carbons (Fsp3) is 0.962. The Morgan fingerprint density at radius 2 is 0.702 bits per heavy atom. The van der Waals surface area contributed by atoms with E-state index in [2.05, 4.69) is 32.6 Å². The lowest BCUT2D eigenvalue weighted by atomic mass is 9.91. The molecule has 1 aliphatic rings.